The Bertz CT molecular complexity index is 869. The third-order valence-electron chi connectivity index (χ3n) is 3.59. The maximum atomic E-state index is 11.5. The minimum atomic E-state index is -0.358. The molecule has 0 radical (unpaired) electrons. The Morgan fingerprint density at radius 3 is 2.71 bits per heavy atom. The molecule has 0 aliphatic rings. The Hall–Kier alpha value is -2.60. The summed E-state index contributed by atoms with van der Waals surface area (Å²) in [5.41, 5.74) is 0. The van der Waals surface area contributed by atoms with Crippen LogP contribution in [0.1, 0.15) is 11.8 Å². The molecule has 24 heavy (non-hydrogen) atoms. The molecule has 6 heteroatoms. The molecule has 0 saturated carbocycles. The van der Waals surface area contributed by atoms with Crippen molar-refractivity contribution in [3.63, 3.8) is 0 Å². The molecule has 0 fully saturated rings. The van der Waals surface area contributed by atoms with E-state index < -0.39 is 0 Å². The van der Waals surface area contributed by atoms with Gasteiger partial charge in [0, 0.05) is 39.5 Å². The quantitative estimate of drug-likeness (QED) is 0.517. The van der Waals surface area contributed by atoms with E-state index in [1.165, 1.54) is 17.4 Å². The van der Waals surface area contributed by atoms with Gasteiger partial charge in [-0.05, 0) is 25.1 Å². The molecule has 1 aromatic carbocycles. The van der Waals surface area contributed by atoms with Gasteiger partial charge in [-0.1, -0.05) is 0 Å². The van der Waals surface area contributed by atoms with E-state index in [1.807, 2.05) is 12.1 Å². The van der Waals surface area contributed by atoms with E-state index >= 15 is 0 Å². The van der Waals surface area contributed by atoms with Crippen LogP contribution in [0.25, 0.3) is 26.9 Å². The summed E-state index contributed by atoms with van der Waals surface area (Å²) in [4.78, 5) is 16.6. The summed E-state index contributed by atoms with van der Waals surface area (Å²) in [5, 5.41) is 2.77. The van der Waals surface area contributed by atoms with E-state index in [1.54, 1.807) is 39.6 Å². The van der Waals surface area contributed by atoms with E-state index in [0.717, 1.165) is 37.2 Å². The standard InChI is InChI=1S/C18H17NO4S/c1-4-23-15(20)6-5-11-9-13-16(21-2)14-10-19-8-7-12(14)17(22-3)18(13)24-11/h5-10H,4H2,1-3H3/b6-5+. The average molecular weight is 343 g/mol. The summed E-state index contributed by atoms with van der Waals surface area (Å²) in [6.45, 7) is 2.14. The minimum Gasteiger partial charge on any atom is -0.495 e. The highest BCUT2D eigenvalue weighted by atomic mass is 32.1. The maximum Gasteiger partial charge on any atom is 0.330 e. The fourth-order valence-electron chi connectivity index (χ4n) is 2.63. The van der Waals surface area contributed by atoms with Gasteiger partial charge in [-0.15, -0.1) is 11.3 Å². The number of aromatic nitrogens is 1. The largest absolute Gasteiger partial charge is 0.495 e. The molecular weight excluding hydrogens is 326 g/mol. The zero-order chi connectivity index (χ0) is 17.1. The number of hydrogen-bond acceptors (Lipinski definition) is 6. The van der Waals surface area contributed by atoms with E-state index in [4.69, 9.17) is 14.2 Å². The van der Waals surface area contributed by atoms with Crippen molar-refractivity contribution in [1.82, 2.24) is 4.98 Å². The van der Waals surface area contributed by atoms with Crippen molar-refractivity contribution >= 4 is 44.2 Å². The van der Waals surface area contributed by atoms with E-state index in [2.05, 4.69) is 4.98 Å². The molecule has 3 aromatic rings. The Kier molecular flexibility index (Phi) is 4.66. The second-order valence-electron chi connectivity index (χ2n) is 4.96. The number of hydrogen-bond donors (Lipinski definition) is 0. The van der Waals surface area contributed by atoms with Crippen LogP contribution < -0.4 is 9.47 Å². The van der Waals surface area contributed by atoms with E-state index in [0.29, 0.717) is 6.61 Å². The molecule has 124 valence electrons. The Labute approximate surface area is 143 Å². The zero-order valence-corrected chi connectivity index (χ0v) is 14.5. The molecule has 5 nitrogen and oxygen atoms in total. The first kappa shape index (κ1) is 16.3. The molecule has 0 bridgehead atoms. The van der Waals surface area contributed by atoms with Crippen LogP contribution in [0.5, 0.6) is 11.5 Å². The van der Waals surface area contributed by atoms with Crippen LogP contribution in [0.15, 0.2) is 30.6 Å². The molecule has 0 aliphatic carbocycles. The summed E-state index contributed by atoms with van der Waals surface area (Å²) >= 11 is 1.53. The first-order valence-corrected chi connectivity index (χ1v) is 8.27. The fourth-order valence-corrected chi connectivity index (χ4v) is 3.73. The SMILES string of the molecule is CCOC(=O)/C=C/c1cc2c(OC)c3cnccc3c(OC)c2s1. The van der Waals surface area contributed by atoms with Gasteiger partial charge < -0.3 is 14.2 Å². The molecule has 0 N–H and O–H groups in total. The van der Waals surface area contributed by atoms with Crippen LogP contribution in [0, 0.1) is 0 Å². The van der Waals surface area contributed by atoms with Gasteiger partial charge in [0.25, 0.3) is 0 Å². The number of esters is 1. The van der Waals surface area contributed by atoms with E-state index in [9.17, 15) is 4.79 Å². The molecule has 0 unspecified atom stereocenters. The van der Waals surface area contributed by atoms with Crippen LogP contribution in [-0.2, 0) is 9.53 Å². The molecule has 0 amide bonds. The van der Waals surface area contributed by atoms with Crippen molar-refractivity contribution in [2.75, 3.05) is 20.8 Å². The number of thiophene rings is 1. The topological polar surface area (TPSA) is 57.7 Å². The predicted molar refractivity (Wildman–Crippen MR) is 95.9 cm³/mol. The van der Waals surface area contributed by atoms with Gasteiger partial charge in [-0.25, -0.2) is 4.79 Å². The van der Waals surface area contributed by atoms with Gasteiger partial charge in [-0.3, -0.25) is 4.98 Å². The van der Waals surface area contributed by atoms with Crippen molar-refractivity contribution < 1.29 is 19.0 Å². The number of pyridine rings is 1. The lowest BCUT2D eigenvalue weighted by Gasteiger charge is -2.11. The van der Waals surface area contributed by atoms with Crippen molar-refractivity contribution in [1.29, 1.82) is 0 Å². The highest BCUT2D eigenvalue weighted by Gasteiger charge is 2.17. The summed E-state index contributed by atoms with van der Waals surface area (Å²) in [5.74, 6) is 1.17. The van der Waals surface area contributed by atoms with Crippen LogP contribution >= 0.6 is 11.3 Å². The minimum absolute atomic E-state index is 0.357. The lowest BCUT2D eigenvalue weighted by molar-refractivity contribution is -0.137. The van der Waals surface area contributed by atoms with Gasteiger partial charge in [0.15, 0.2) is 0 Å². The monoisotopic (exact) mass is 343 g/mol. The molecule has 3 rings (SSSR count). The van der Waals surface area contributed by atoms with Crippen LogP contribution in [0.3, 0.4) is 0 Å². The summed E-state index contributed by atoms with van der Waals surface area (Å²) < 4.78 is 17.1. The smallest absolute Gasteiger partial charge is 0.330 e. The van der Waals surface area contributed by atoms with Gasteiger partial charge in [0.05, 0.1) is 25.5 Å². The van der Waals surface area contributed by atoms with Crippen molar-refractivity contribution in [3.05, 3.63) is 35.5 Å². The van der Waals surface area contributed by atoms with Gasteiger partial charge in [0.2, 0.25) is 0 Å². The number of ether oxygens (including phenoxy) is 3. The van der Waals surface area contributed by atoms with E-state index in [-0.39, 0.29) is 5.97 Å². The van der Waals surface area contributed by atoms with Crippen LogP contribution in [0.4, 0.5) is 0 Å². The Morgan fingerprint density at radius 1 is 1.21 bits per heavy atom. The maximum absolute atomic E-state index is 11.5. The van der Waals surface area contributed by atoms with Crippen LogP contribution in [0.2, 0.25) is 0 Å². The number of carbonyl (C=O) groups is 1. The molecule has 0 atom stereocenters. The first-order valence-electron chi connectivity index (χ1n) is 7.45. The number of benzene rings is 1. The molecule has 0 aliphatic heterocycles. The van der Waals surface area contributed by atoms with Crippen molar-refractivity contribution in [2.45, 2.75) is 6.92 Å². The van der Waals surface area contributed by atoms with Gasteiger partial charge >= 0.3 is 5.97 Å². The molecule has 0 saturated heterocycles. The highest BCUT2D eigenvalue weighted by molar-refractivity contribution is 7.20. The summed E-state index contributed by atoms with van der Waals surface area (Å²) in [6, 6.07) is 3.88. The number of fused-ring (bicyclic) bond motifs is 2. The predicted octanol–water partition coefficient (Wildman–Crippen LogP) is 4.04. The second-order valence-corrected chi connectivity index (χ2v) is 6.05. The number of nitrogens with zero attached hydrogens (tertiary/aromatic N) is 1. The average Bonchev–Trinajstić information content (AvgIpc) is 3.01. The Morgan fingerprint density at radius 2 is 2.00 bits per heavy atom. The normalized spacial score (nSPS) is 11.3. The fraction of sp³-hybridized carbons (Fsp3) is 0.222. The third kappa shape index (κ3) is 2.80. The highest BCUT2D eigenvalue weighted by Crippen LogP contribution is 2.46. The zero-order valence-electron chi connectivity index (χ0n) is 13.7. The van der Waals surface area contributed by atoms with Crippen molar-refractivity contribution in [3.8, 4) is 11.5 Å². The third-order valence-corrected chi connectivity index (χ3v) is 4.69. The number of methoxy groups -OCH3 is 2. The molecule has 0 spiro atoms. The number of carbonyl (C=O) groups excluding carboxylic acids is 1. The van der Waals surface area contributed by atoms with Crippen LogP contribution in [-0.4, -0.2) is 31.8 Å². The number of rotatable bonds is 5. The second kappa shape index (κ2) is 6.88. The van der Waals surface area contributed by atoms with Gasteiger partial charge in [-0.2, -0.15) is 0 Å². The first-order chi connectivity index (χ1) is 11.7. The van der Waals surface area contributed by atoms with Gasteiger partial charge in [0.1, 0.15) is 11.5 Å². The molecule has 2 heterocycles. The lowest BCUT2D eigenvalue weighted by atomic mass is 10.1. The summed E-state index contributed by atoms with van der Waals surface area (Å²) in [7, 11) is 3.29. The van der Waals surface area contributed by atoms with Crippen molar-refractivity contribution in [2.24, 2.45) is 0 Å². The molecular formula is C18H17NO4S. The Balaban J connectivity index is 2.21. The lowest BCUT2D eigenvalue weighted by Crippen LogP contribution is -1.98. The summed E-state index contributed by atoms with van der Waals surface area (Å²) in [6.07, 6.45) is 6.66. The molecule has 2 aromatic heterocycles.